The van der Waals surface area contributed by atoms with Gasteiger partial charge in [0.05, 0.1) is 5.56 Å². The van der Waals surface area contributed by atoms with E-state index in [0.717, 1.165) is 12.1 Å². The summed E-state index contributed by atoms with van der Waals surface area (Å²) in [5.41, 5.74) is 1.30. The summed E-state index contributed by atoms with van der Waals surface area (Å²) < 4.78 is 18.1. The quantitative estimate of drug-likeness (QED) is 0.609. The largest absolute Gasteiger partial charge is 0.451 e. The summed E-state index contributed by atoms with van der Waals surface area (Å²) in [4.78, 5) is 37.9. The van der Waals surface area contributed by atoms with Gasteiger partial charge in [0.15, 0.2) is 6.10 Å². The third-order valence-corrected chi connectivity index (χ3v) is 4.27. The van der Waals surface area contributed by atoms with Crippen molar-refractivity contribution in [1.82, 2.24) is 0 Å². The Bertz CT molecular complexity index is 830. The number of amides is 1. The van der Waals surface area contributed by atoms with E-state index in [1.807, 2.05) is 0 Å². The molecule has 0 saturated carbocycles. The maximum atomic E-state index is 12.9. The molecule has 0 unspecified atom stereocenters. The Kier molecular flexibility index (Phi) is 5.11. The molecule has 26 heavy (non-hydrogen) atoms. The van der Waals surface area contributed by atoms with Crippen LogP contribution < -0.4 is 4.90 Å². The van der Waals surface area contributed by atoms with Gasteiger partial charge in [-0.2, -0.15) is 0 Å². The lowest BCUT2D eigenvalue weighted by Gasteiger charge is -2.16. The molecule has 2 aromatic rings. The second-order valence-corrected chi connectivity index (χ2v) is 6.11. The van der Waals surface area contributed by atoms with Crippen molar-refractivity contribution in [3.05, 3.63) is 65.5 Å². The topological polar surface area (TPSA) is 63.7 Å². The zero-order valence-corrected chi connectivity index (χ0v) is 14.3. The third kappa shape index (κ3) is 3.79. The summed E-state index contributed by atoms with van der Waals surface area (Å²) in [7, 11) is 0. The first-order valence-electron chi connectivity index (χ1n) is 8.37. The molecule has 1 amide bonds. The van der Waals surface area contributed by atoms with Crippen LogP contribution in [-0.4, -0.2) is 30.3 Å². The van der Waals surface area contributed by atoms with Gasteiger partial charge in [-0.15, -0.1) is 0 Å². The molecule has 6 heteroatoms. The van der Waals surface area contributed by atoms with E-state index in [2.05, 4.69) is 0 Å². The summed E-state index contributed by atoms with van der Waals surface area (Å²) >= 11 is 0. The molecule has 0 aromatic heterocycles. The Morgan fingerprint density at radius 3 is 2.23 bits per heavy atom. The molecule has 0 bridgehead atoms. The van der Waals surface area contributed by atoms with Crippen LogP contribution in [0.5, 0.6) is 0 Å². The number of halogens is 1. The van der Waals surface area contributed by atoms with E-state index < -0.39 is 23.7 Å². The molecule has 0 N–H and O–H groups in total. The Morgan fingerprint density at radius 1 is 1.04 bits per heavy atom. The smallest absolute Gasteiger partial charge is 0.338 e. The molecule has 1 heterocycles. The van der Waals surface area contributed by atoms with Crippen LogP contribution in [0.3, 0.4) is 0 Å². The first-order chi connectivity index (χ1) is 12.5. The summed E-state index contributed by atoms with van der Waals surface area (Å²) in [6.45, 7) is 2.15. The second-order valence-electron chi connectivity index (χ2n) is 6.11. The molecule has 1 fully saturated rings. The van der Waals surface area contributed by atoms with Gasteiger partial charge in [0.25, 0.3) is 0 Å². The highest BCUT2D eigenvalue weighted by atomic mass is 19.1. The summed E-state index contributed by atoms with van der Waals surface area (Å²) in [5.74, 6) is -1.41. The van der Waals surface area contributed by atoms with Gasteiger partial charge in [0, 0.05) is 24.2 Å². The van der Waals surface area contributed by atoms with E-state index in [1.165, 1.54) is 31.2 Å². The average molecular weight is 355 g/mol. The van der Waals surface area contributed by atoms with E-state index in [-0.39, 0.29) is 11.5 Å². The number of nitrogens with zero attached hydrogens (tertiary/aromatic N) is 1. The molecule has 0 radical (unpaired) electrons. The lowest BCUT2D eigenvalue weighted by Crippen LogP contribution is -2.25. The van der Waals surface area contributed by atoms with Crippen molar-refractivity contribution in [1.29, 1.82) is 0 Å². The van der Waals surface area contributed by atoms with Crippen LogP contribution in [0.2, 0.25) is 0 Å². The Balaban J connectivity index is 1.64. The van der Waals surface area contributed by atoms with E-state index in [9.17, 15) is 18.8 Å². The molecular formula is C20H18FNO4. The van der Waals surface area contributed by atoms with Crippen molar-refractivity contribution in [2.75, 3.05) is 11.4 Å². The van der Waals surface area contributed by atoms with E-state index in [4.69, 9.17) is 4.74 Å². The number of hydrogen-bond donors (Lipinski definition) is 0. The summed E-state index contributed by atoms with van der Waals surface area (Å²) in [5, 5.41) is 0. The number of Topliss-reactive ketones (excluding diaryl/α,β-unsaturated/α-hetero) is 1. The van der Waals surface area contributed by atoms with E-state index in [0.29, 0.717) is 18.5 Å². The molecule has 1 atom stereocenters. The van der Waals surface area contributed by atoms with Gasteiger partial charge in [-0.3, -0.25) is 9.59 Å². The Morgan fingerprint density at radius 2 is 1.65 bits per heavy atom. The average Bonchev–Trinajstić information content (AvgIpc) is 3.07. The minimum absolute atomic E-state index is 0.0684. The summed E-state index contributed by atoms with van der Waals surface area (Å²) in [6, 6.07) is 11.6. The van der Waals surface area contributed by atoms with Gasteiger partial charge in [0.2, 0.25) is 11.7 Å². The normalized spacial score (nSPS) is 15.0. The van der Waals surface area contributed by atoms with Crippen molar-refractivity contribution in [3.8, 4) is 0 Å². The SMILES string of the molecule is C[C@@H](OC(=O)c1ccc(N2CCCC2=O)cc1)C(=O)c1ccc(F)cc1. The zero-order chi connectivity index (χ0) is 18.7. The van der Waals surface area contributed by atoms with Gasteiger partial charge in [-0.25, -0.2) is 9.18 Å². The van der Waals surface area contributed by atoms with Crippen molar-refractivity contribution in [2.24, 2.45) is 0 Å². The van der Waals surface area contributed by atoms with Gasteiger partial charge >= 0.3 is 5.97 Å². The monoisotopic (exact) mass is 355 g/mol. The molecule has 5 nitrogen and oxygen atoms in total. The maximum Gasteiger partial charge on any atom is 0.338 e. The lowest BCUT2D eigenvalue weighted by atomic mass is 10.1. The summed E-state index contributed by atoms with van der Waals surface area (Å²) in [6.07, 6.45) is 0.367. The molecule has 1 aliphatic rings. The van der Waals surface area contributed by atoms with Crippen molar-refractivity contribution < 1.29 is 23.5 Å². The van der Waals surface area contributed by atoms with Crippen LogP contribution in [0.25, 0.3) is 0 Å². The number of anilines is 1. The number of hydrogen-bond acceptors (Lipinski definition) is 4. The minimum Gasteiger partial charge on any atom is -0.451 e. The second kappa shape index (κ2) is 7.47. The van der Waals surface area contributed by atoms with Gasteiger partial charge in [-0.05, 0) is 61.9 Å². The standard InChI is InChI=1S/C20H18FNO4/c1-13(19(24)14-4-8-16(21)9-5-14)26-20(25)15-6-10-17(11-7-15)22-12-2-3-18(22)23/h4-11,13H,2-3,12H2,1H3/t13-/m1/s1. The molecule has 3 rings (SSSR count). The molecule has 134 valence electrons. The van der Waals surface area contributed by atoms with Gasteiger partial charge in [0.1, 0.15) is 5.82 Å². The number of ketones is 1. The number of esters is 1. The maximum absolute atomic E-state index is 12.9. The fourth-order valence-corrected chi connectivity index (χ4v) is 2.83. The predicted octanol–water partition coefficient (Wildman–Crippen LogP) is 3.38. The molecule has 1 aliphatic heterocycles. The fraction of sp³-hybridized carbons (Fsp3) is 0.250. The first kappa shape index (κ1) is 17.8. The highest BCUT2D eigenvalue weighted by molar-refractivity contribution is 6.01. The Hall–Kier alpha value is -3.02. The minimum atomic E-state index is -0.993. The number of rotatable bonds is 5. The van der Waals surface area contributed by atoms with Crippen LogP contribution in [0, 0.1) is 5.82 Å². The van der Waals surface area contributed by atoms with Gasteiger partial charge < -0.3 is 9.64 Å². The zero-order valence-electron chi connectivity index (χ0n) is 14.3. The third-order valence-electron chi connectivity index (χ3n) is 4.27. The van der Waals surface area contributed by atoms with Gasteiger partial charge in [-0.1, -0.05) is 0 Å². The molecular weight excluding hydrogens is 337 g/mol. The highest BCUT2D eigenvalue weighted by Crippen LogP contribution is 2.22. The molecule has 2 aromatic carbocycles. The van der Waals surface area contributed by atoms with E-state index >= 15 is 0 Å². The van der Waals surface area contributed by atoms with E-state index in [1.54, 1.807) is 29.2 Å². The number of carbonyl (C=O) groups excluding carboxylic acids is 3. The predicted molar refractivity (Wildman–Crippen MR) is 93.6 cm³/mol. The number of ether oxygens (including phenoxy) is 1. The molecule has 0 aliphatic carbocycles. The first-order valence-corrected chi connectivity index (χ1v) is 8.37. The number of carbonyl (C=O) groups is 3. The van der Waals surface area contributed by atoms with Crippen molar-refractivity contribution in [3.63, 3.8) is 0 Å². The van der Waals surface area contributed by atoms with Crippen molar-refractivity contribution in [2.45, 2.75) is 25.9 Å². The molecule has 0 spiro atoms. The van der Waals surface area contributed by atoms with Crippen LogP contribution in [0.1, 0.15) is 40.5 Å². The van der Waals surface area contributed by atoms with Crippen LogP contribution >= 0.6 is 0 Å². The van der Waals surface area contributed by atoms with Crippen LogP contribution in [-0.2, 0) is 9.53 Å². The van der Waals surface area contributed by atoms with Crippen LogP contribution in [0.15, 0.2) is 48.5 Å². The van der Waals surface area contributed by atoms with Crippen molar-refractivity contribution >= 4 is 23.3 Å². The molecule has 1 saturated heterocycles. The van der Waals surface area contributed by atoms with Crippen LogP contribution in [0.4, 0.5) is 10.1 Å². The highest BCUT2D eigenvalue weighted by Gasteiger charge is 2.23. The lowest BCUT2D eigenvalue weighted by molar-refractivity contribution is -0.117. The number of benzene rings is 2. The fourth-order valence-electron chi connectivity index (χ4n) is 2.83. The Labute approximate surface area is 150 Å².